The summed E-state index contributed by atoms with van der Waals surface area (Å²) >= 11 is 0. The van der Waals surface area contributed by atoms with Gasteiger partial charge in [-0.05, 0) is 63.2 Å². The van der Waals surface area contributed by atoms with Crippen molar-refractivity contribution in [2.75, 3.05) is 17.2 Å². The molecule has 168 valence electrons. The summed E-state index contributed by atoms with van der Waals surface area (Å²) in [5.74, 6) is 0.268. The highest BCUT2D eigenvalue weighted by molar-refractivity contribution is 5.97. The van der Waals surface area contributed by atoms with Gasteiger partial charge in [-0.3, -0.25) is 4.79 Å². The molecule has 0 aliphatic carbocycles. The van der Waals surface area contributed by atoms with E-state index in [-0.39, 0.29) is 11.6 Å². The summed E-state index contributed by atoms with van der Waals surface area (Å²) in [5.41, 5.74) is 4.62. The third-order valence-electron chi connectivity index (χ3n) is 4.97. The fourth-order valence-corrected chi connectivity index (χ4v) is 3.29. The maximum absolute atomic E-state index is 12.7. The number of ether oxygens (including phenoxy) is 1. The molecule has 0 bridgehead atoms. The molecule has 0 spiro atoms. The minimum absolute atomic E-state index is 0.0149. The van der Waals surface area contributed by atoms with E-state index in [1.54, 1.807) is 0 Å². The number of rotatable bonds is 9. The SMILES string of the molecule is CCOc1ccc(C)cc1C(C)NC(=O)/C(C#N)=C\Nc1ccc(Nc2ccccc2)cc1. The van der Waals surface area contributed by atoms with Crippen LogP contribution in [0.2, 0.25) is 0 Å². The normalized spacial score (nSPS) is 11.8. The summed E-state index contributed by atoms with van der Waals surface area (Å²) in [6.45, 7) is 6.30. The number of anilines is 3. The number of aryl methyl sites for hydroxylation is 1. The summed E-state index contributed by atoms with van der Waals surface area (Å²) in [5, 5.41) is 18.7. The van der Waals surface area contributed by atoms with Crippen LogP contribution < -0.4 is 20.7 Å². The smallest absolute Gasteiger partial charge is 0.263 e. The van der Waals surface area contributed by atoms with Crippen molar-refractivity contribution in [2.24, 2.45) is 0 Å². The van der Waals surface area contributed by atoms with E-state index in [4.69, 9.17) is 4.74 Å². The number of nitriles is 1. The highest BCUT2D eigenvalue weighted by atomic mass is 16.5. The van der Waals surface area contributed by atoms with Crippen LogP contribution in [0, 0.1) is 18.3 Å². The van der Waals surface area contributed by atoms with Crippen molar-refractivity contribution < 1.29 is 9.53 Å². The van der Waals surface area contributed by atoms with Gasteiger partial charge in [0.15, 0.2) is 0 Å². The molecule has 3 N–H and O–H groups in total. The lowest BCUT2D eigenvalue weighted by molar-refractivity contribution is -0.117. The molecular formula is C27H28N4O2. The second kappa shape index (κ2) is 11.4. The number of hydrogen-bond acceptors (Lipinski definition) is 5. The molecule has 1 amide bonds. The molecule has 1 unspecified atom stereocenters. The van der Waals surface area contributed by atoms with Crippen molar-refractivity contribution in [3.05, 3.63) is 95.7 Å². The highest BCUT2D eigenvalue weighted by Gasteiger charge is 2.17. The van der Waals surface area contributed by atoms with Crippen LogP contribution in [-0.2, 0) is 4.79 Å². The monoisotopic (exact) mass is 440 g/mol. The van der Waals surface area contributed by atoms with Crippen LogP contribution in [0.25, 0.3) is 0 Å². The molecule has 0 fully saturated rings. The Morgan fingerprint density at radius 2 is 1.70 bits per heavy atom. The second-order valence-corrected chi connectivity index (χ2v) is 7.55. The summed E-state index contributed by atoms with van der Waals surface area (Å²) in [6, 6.07) is 25.0. The first kappa shape index (κ1) is 23.4. The van der Waals surface area contributed by atoms with E-state index in [9.17, 15) is 10.1 Å². The maximum atomic E-state index is 12.7. The Bertz CT molecular complexity index is 1150. The summed E-state index contributed by atoms with van der Waals surface area (Å²) in [4.78, 5) is 12.7. The number of para-hydroxylation sites is 1. The minimum atomic E-state index is -0.455. The van der Waals surface area contributed by atoms with Crippen LogP contribution in [0.15, 0.2) is 84.6 Å². The molecule has 0 radical (unpaired) electrons. The molecular weight excluding hydrogens is 412 g/mol. The average molecular weight is 441 g/mol. The quantitative estimate of drug-likeness (QED) is 0.288. The van der Waals surface area contributed by atoms with Crippen LogP contribution in [0.4, 0.5) is 17.1 Å². The van der Waals surface area contributed by atoms with E-state index >= 15 is 0 Å². The number of benzene rings is 3. The fourth-order valence-electron chi connectivity index (χ4n) is 3.29. The molecule has 0 aliphatic heterocycles. The van der Waals surface area contributed by atoms with Crippen molar-refractivity contribution in [3.63, 3.8) is 0 Å². The van der Waals surface area contributed by atoms with E-state index in [2.05, 4.69) is 16.0 Å². The van der Waals surface area contributed by atoms with Gasteiger partial charge in [-0.1, -0.05) is 35.9 Å². The lowest BCUT2D eigenvalue weighted by atomic mass is 10.0. The van der Waals surface area contributed by atoms with Gasteiger partial charge >= 0.3 is 0 Å². The third-order valence-corrected chi connectivity index (χ3v) is 4.97. The van der Waals surface area contributed by atoms with Crippen LogP contribution in [0.5, 0.6) is 5.75 Å². The molecule has 3 aromatic carbocycles. The van der Waals surface area contributed by atoms with Crippen LogP contribution in [0.1, 0.15) is 31.0 Å². The molecule has 0 heterocycles. The Kier molecular flexibility index (Phi) is 8.09. The number of carbonyl (C=O) groups excluding carboxylic acids is 1. The van der Waals surface area contributed by atoms with Crippen LogP contribution in [0.3, 0.4) is 0 Å². The molecule has 0 aliphatic rings. The zero-order valence-electron chi connectivity index (χ0n) is 19.1. The maximum Gasteiger partial charge on any atom is 0.263 e. The predicted molar refractivity (Wildman–Crippen MR) is 132 cm³/mol. The first-order valence-electron chi connectivity index (χ1n) is 10.8. The zero-order valence-corrected chi connectivity index (χ0v) is 19.1. The van der Waals surface area contributed by atoms with Gasteiger partial charge in [-0.25, -0.2) is 0 Å². The number of hydrogen-bond donors (Lipinski definition) is 3. The van der Waals surface area contributed by atoms with Gasteiger partial charge < -0.3 is 20.7 Å². The molecule has 6 heteroatoms. The van der Waals surface area contributed by atoms with Crippen molar-refractivity contribution in [1.29, 1.82) is 5.26 Å². The van der Waals surface area contributed by atoms with E-state index < -0.39 is 5.91 Å². The van der Waals surface area contributed by atoms with Gasteiger partial charge in [0.2, 0.25) is 0 Å². The first-order chi connectivity index (χ1) is 16.0. The topological polar surface area (TPSA) is 86.2 Å². The Morgan fingerprint density at radius 3 is 2.36 bits per heavy atom. The summed E-state index contributed by atoms with van der Waals surface area (Å²) < 4.78 is 5.69. The van der Waals surface area contributed by atoms with Gasteiger partial charge in [0.25, 0.3) is 5.91 Å². The van der Waals surface area contributed by atoms with E-state index in [1.807, 2.05) is 99.6 Å². The summed E-state index contributed by atoms with van der Waals surface area (Å²) in [7, 11) is 0. The summed E-state index contributed by atoms with van der Waals surface area (Å²) in [6.07, 6.45) is 1.42. The lowest BCUT2D eigenvalue weighted by Crippen LogP contribution is -2.28. The van der Waals surface area contributed by atoms with E-state index in [0.29, 0.717) is 6.61 Å². The minimum Gasteiger partial charge on any atom is -0.494 e. The molecule has 0 saturated heterocycles. The van der Waals surface area contributed by atoms with Crippen LogP contribution in [-0.4, -0.2) is 12.5 Å². The van der Waals surface area contributed by atoms with Gasteiger partial charge in [0.05, 0.1) is 12.6 Å². The van der Waals surface area contributed by atoms with Gasteiger partial charge in [0, 0.05) is 28.8 Å². The average Bonchev–Trinajstić information content (AvgIpc) is 2.82. The van der Waals surface area contributed by atoms with E-state index in [0.717, 1.165) is 33.9 Å². The third kappa shape index (κ3) is 6.62. The van der Waals surface area contributed by atoms with Gasteiger partial charge in [-0.2, -0.15) is 5.26 Å². The Hall–Kier alpha value is -4.24. The Morgan fingerprint density at radius 1 is 1.03 bits per heavy atom. The van der Waals surface area contributed by atoms with Crippen molar-refractivity contribution in [1.82, 2.24) is 5.32 Å². The predicted octanol–water partition coefficient (Wildman–Crippen LogP) is 5.83. The molecule has 33 heavy (non-hydrogen) atoms. The van der Waals surface area contributed by atoms with Crippen molar-refractivity contribution in [2.45, 2.75) is 26.8 Å². The highest BCUT2D eigenvalue weighted by Crippen LogP contribution is 2.26. The largest absolute Gasteiger partial charge is 0.494 e. The molecule has 6 nitrogen and oxygen atoms in total. The standard InChI is InChI=1S/C27H28N4O2/c1-4-33-26-15-10-19(2)16-25(26)20(3)30-27(32)21(17-28)18-29-22-11-13-24(14-12-22)31-23-8-6-5-7-9-23/h5-16,18,20,29,31H,4H2,1-3H3,(H,30,32)/b21-18-. The molecule has 0 aromatic heterocycles. The fraction of sp³-hybridized carbons (Fsp3) is 0.185. The van der Waals surface area contributed by atoms with Crippen molar-refractivity contribution in [3.8, 4) is 11.8 Å². The lowest BCUT2D eigenvalue weighted by Gasteiger charge is -2.18. The Labute approximate surface area is 194 Å². The number of carbonyl (C=O) groups is 1. The van der Waals surface area contributed by atoms with Gasteiger partial charge in [0.1, 0.15) is 17.4 Å². The number of nitrogens with one attached hydrogen (secondary N) is 3. The number of amides is 1. The number of nitrogens with zero attached hydrogens (tertiary/aromatic N) is 1. The molecule has 3 rings (SSSR count). The molecule has 3 aromatic rings. The Balaban J connectivity index is 1.64. The second-order valence-electron chi connectivity index (χ2n) is 7.55. The molecule has 1 atom stereocenters. The van der Waals surface area contributed by atoms with Gasteiger partial charge in [-0.15, -0.1) is 0 Å². The van der Waals surface area contributed by atoms with Crippen molar-refractivity contribution >= 4 is 23.0 Å². The molecule has 0 saturated carbocycles. The zero-order chi connectivity index (χ0) is 23.6. The first-order valence-corrected chi connectivity index (χ1v) is 10.8. The van der Waals surface area contributed by atoms with E-state index in [1.165, 1.54) is 6.20 Å². The van der Waals surface area contributed by atoms with Crippen LogP contribution >= 0.6 is 0 Å².